The van der Waals surface area contributed by atoms with Crippen molar-refractivity contribution in [3.8, 4) is 0 Å². The van der Waals surface area contributed by atoms with E-state index < -0.39 is 22.5 Å². The molecule has 1 aliphatic rings. The van der Waals surface area contributed by atoms with Gasteiger partial charge in [0.15, 0.2) is 4.21 Å². The van der Waals surface area contributed by atoms with Crippen LogP contribution in [0.15, 0.2) is 22.8 Å². The second-order valence-electron chi connectivity index (χ2n) is 6.70. The Morgan fingerprint density at radius 3 is 2.93 bits per heavy atom. The number of carbonyl (C=O) groups is 1. The van der Waals surface area contributed by atoms with Crippen molar-refractivity contribution in [2.24, 2.45) is 0 Å². The molecule has 30 heavy (non-hydrogen) atoms. The highest BCUT2D eigenvalue weighted by Gasteiger charge is 2.33. The number of aromatic nitrogens is 5. The average molecular weight is 457 g/mol. The van der Waals surface area contributed by atoms with E-state index in [4.69, 9.17) is 0 Å². The lowest BCUT2D eigenvalue weighted by molar-refractivity contribution is -0.116. The summed E-state index contributed by atoms with van der Waals surface area (Å²) in [5, 5.41) is 7.29. The molecule has 0 spiro atoms. The van der Waals surface area contributed by atoms with Crippen LogP contribution in [0.2, 0.25) is 0 Å². The van der Waals surface area contributed by atoms with Gasteiger partial charge in [-0.1, -0.05) is 0 Å². The summed E-state index contributed by atoms with van der Waals surface area (Å²) >= 11 is 0.950. The average Bonchev–Trinajstić information content (AvgIpc) is 3.36. The molecule has 0 amide bonds. The zero-order valence-corrected chi connectivity index (χ0v) is 17.3. The van der Waals surface area contributed by atoms with Crippen molar-refractivity contribution in [3.63, 3.8) is 0 Å². The summed E-state index contributed by atoms with van der Waals surface area (Å²) in [7, 11) is -3.85. The fraction of sp³-hybridized carbons (Fsp3) is 0.438. The van der Waals surface area contributed by atoms with Crippen molar-refractivity contribution in [2.75, 3.05) is 19.6 Å². The number of fused-ring (bicyclic) bond motifs is 1. The standard InChI is InChI=1S/C16H17F2N7O3S2/c1-9(26)4-13-20-6-14(29-13)30(27,28)24-3-2-19-11(7-24)10-5-12(15(17)18)25-16(23-10)21-8-22-25/h5-6,8,11,15,19H,2-4,7H2,1H3. The second kappa shape index (κ2) is 8.02. The number of thiazole rings is 1. The fourth-order valence-corrected chi connectivity index (χ4v) is 6.02. The van der Waals surface area contributed by atoms with Crippen molar-refractivity contribution in [1.82, 2.24) is 34.2 Å². The monoisotopic (exact) mass is 457 g/mol. The maximum atomic E-state index is 13.4. The third-order valence-corrected chi connectivity index (χ3v) is 7.84. The molecular weight excluding hydrogens is 440 g/mol. The molecule has 3 aromatic heterocycles. The zero-order valence-electron chi connectivity index (χ0n) is 15.7. The minimum atomic E-state index is -3.85. The Morgan fingerprint density at radius 1 is 1.40 bits per heavy atom. The molecule has 1 aliphatic heterocycles. The zero-order chi connectivity index (χ0) is 21.5. The fourth-order valence-electron chi connectivity index (χ4n) is 3.16. The van der Waals surface area contributed by atoms with E-state index in [2.05, 4.69) is 25.4 Å². The summed E-state index contributed by atoms with van der Waals surface area (Å²) in [4.78, 5) is 23.4. The predicted molar refractivity (Wildman–Crippen MR) is 102 cm³/mol. The number of ketones is 1. The molecule has 0 saturated carbocycles. The Hall–Kier alpha value is -2.42. The van der Waals surface area contributed by atoms with Gasteiger partial charge in [-0.2, -0.15) is 18.9 Å². The van der Waals surface area contributed by atoms with E-state index in [1.807, 2.05) is 0 Å². The van der Waals surface area contributed by atoms with Crippen LogP contribution in [-0.2, 0) is 21.2 Å². The molecule has 0 radical (unpaired) electrons. The smallest absolute Gasteiger partial charge is 0.280 e. The number of Topliss-reactive ketones (excluding diaryl/α,β-unsaturated/α-hetero) is 1. The number of halogens is 2. The maximum absolute atomic E-state index is 13.4. The van der Waals surface area contributed by atoms with Crippen LogP contribution in [0.3, 0.4) is 0 Å². The molecule has 0 aromatic carbocycles. The lowest BCUT2D eigenvalue weighted by Crippen LogP contribution is -2.48. The predicted octanol–water partition coefficient (Wildman–Crippen LogP) is 0.985. The molecule has 1 unspecified atom stereocenters. The Kier molecular flexibility index (Phi) is 5.57. The molecule has 10 nitrogen and oxygen atoms in total. The number of hydrogen-bond acceptors (Lipinski definition) is 9. The lowest BCUT2D eigenvalue weighted by atomic mass is 10.1. The van der Waals surface area contributed by atoms with Crippen LogP contribution in [0.25, 0.3) is 5.78 Å². The van der Waals surface area contributed by atoms with Crippen LogP contribution >= 0.6 is 11.3 Å². The van der Waals surface area contributed by atoms with Crippen LogP contribution in [0.5, 0.6) is 0 Å². The van der Waals surface area contributed by atoms with E-state index in [9.17, 15) is 22.0 Å². The molecule has 4 rings (SSSR count). The first-order valence-electron chi connectivity index (χ1n) is 8.92. The highest BCUT2D eigenvalue weighted by Crippen LogP contribution is 2.28. The molecule has 14 heteroatoms. The summed E-state index contributed by atoms with van der Waals surface area (Å²) in [6, 6.07) is 0.606. The summed E-state index contributed by atoms with van der Waals surface area (Å²) in [6.45, 7) is 1.92. The molecular formula is C16H17F2N7O3S2. The number of rotatable bonds is 6. The number of nitrogens with zero attached hydrogens (tertiary/aromatic N) is 6. The lowest BCUT2D eigenvalue weighted by Gasteiger charge is -2.32. The van der Waals surface area contributed by atoms with Gasteiger partial charge in [0.1, 0.15) is 22.8 Å². The Balaban J connectivity index is 1.61. The van der Waals surface area contributed by atoms with Gasteiger partial charge >= 0.3 is 0 Å². The summed E-state index contributed by atoms with van der Waals surface area (Å²) in [5.41, 5.74) is -0.113. The number of carbonyl (C=O) groups excluding carboxylic acids is 1. The quantitative estimate of drug-likeness (QED) is 0.581. The van der Waals surface area contributed by atoms with Crippen LogP contribution in [0.1, 0.15) is 35.8 Å². The van der Waals surface area contributed by atoms with Gasteiger partial charge in [-0.15, -0.1) is 11.3 Å². The minimum Gasteiger partial charge on any atom is -0.306 e. The highest BCUT2D eigenvalue weighted by atomic mass is 32.2. The molecule has 1 atom stereocenters. The van der Waals surface area contributed by atoms with Gasteiger partial charge in [0.25, 0.3) is 22.2 Å². The van der Waals surface area contributed by atoms with Gasteiger partial charge in [0.2, 0.25) is 0 Å². The number of piperazine rings is 1. The number of hydrogen-bond donors (Lipinski definition) is 1. The van der Waals surface area contributed by atoms with Gasteiger partial charge in [-0.05, 0) is 13.0 Å². The molecule has 1 fully saturated rings. The number of alkyl halides is 2. The Morgan fingerprint density at radius 2 is 2.20 bits per heavy atom. The van der Waals surface area contributed by atoms with E-state index in [1.54, 1.807) is 0 Å². The van der Waals surface area contributed by atoms with E-state index >= 15 is 0 Å². The summed E-state index contributed by atoms with van der Waals surface area (Å²) in [6.07, 6.45) is -0.351. The third kappa shape index (κ3) is 3.95. The minimum absolute atomic E-state index is 0.00225. The highest BCUT2D eigenvalue weighted by molar-refractivity contribution is 7.91. The Labute approximate surface area is 174 Å². The molecule has 4 heterocycles. The molecule has 160 valence electrons. The first kappa shape index (κ1) is 20.8. The van der Waals surface area contributed by atoms with Crippen LogP contribution in [0.4, 0.5) is 8.78 Å². The van der Waals surface area contributed by atoms with E-state index in [0.717, 1.165) is 22.2 Å². The van der Waals surface area contributed by atoms with Crippen molar-refractivity contribution in [1.29, 1.82) is 0 Å². The normalized spacial score (nSPS) is 18.3. The van der Waals surface area contributed by atoms with Crippen LogP contribution < -0.4 is 5.32 Å². The largest absolute Gasteiger partial charge is 0.306 e. The van der Waals surface area contributed by atoms with Crippen molar-refractivity contribution >= 4 is 32.9 Å². The topological polar surface area (TPSA) is 122 Å². The second-order valence-corrected chi connectivity index (χ2v) is 9.98. The SMILES string of the molecule is CC(=O)Cc1ncc(S(=O)(=O)N2CCNC(c3cc(C(F)F)n4ncnc4n3)C2)s1. The molecule has 0 bridgehead atoms. The first-order chi connectivity index (χ1) is 14.3. The van der Waals surface area contributed by atoms with E-state index in [-0.39, 0.29) is 46.7 Å². The van der Waals surface area contributed by atoms with Crippen molar-refractivity contribution < 1.29 is 22.0 Å². The number of nitrogens with one attached hydrogen (secondary N) is 1. The molecule has 0 aliphatic carbocycles. The van der Waals surface area contributed by atoms with Crippen LogP contribution in [0, 0.1) is 0 Å². The Bertz CT molecular complexity index is 1190. The van der Waals surface area contributed by atoms with Crippen molar-refractivity contribution in [2.45, 2.75) is 30.0 Å². The molecule has 1 saturated heterocycles. The third-order valence-electron chi connectivity index (χ3n) is 4.54. The van der Waals surface area contributed by atoms with E-state index in [1.165, 1.54) is 23.5 Å². The summed E-state index contributed by atoms with van der Waals surface area (Å²) in [5.74, 6) is -0.0961. The van der Waals surface area contributed by atoms with Crippen LogP contribution in [-0.4, -0.2) is 62.7 Å². The van der Waals surface area contributed by atoms with Gasteiger partial charge < -0.3 is 5.32 Å². The first-order valence-corrected chi connectivity index (χ1v) is 11.2. The van der Waals surface area contributed by atoms with Gasteiger partial charge in [-0.25, -0.2) is 27.2 Å². The van der Waals surface area contributed by atoms with Gasteiger partial charge in [0.05, 0.1) is 24.4 Å². The summed E-state index contributed by atoms with van der Waals surface area (Å²) < 4.78 is 55.2. The molecule has 3 aromatic rings. The van der Waals surface area contributed by atoms with Gasteiger partial charge in [-0.3, -0.25) is 4.79 Å². The molecule has 1 N–H and O–H groups in total. The van der Waals surface area contributed by atoms with E-state index in [0.29, 0.717) is 11.6 Å². The maximum Gasteiger partial charge on any atom is 0.280 e. The van der Waals surface area contributed by atoms with Crippen molar-refractivity contribution in [3.05, 3.63) is 35.0 Å². The van der Waals surface area contributed by atoms with Gasteiger partial charge in [0, 0.05) is 19.6 Å². The number of sulfonamides is 1.